The predicted molar refractivity (Wildman–Crippen MR) is 88.1 cm³/mol. The molecule has 0 radical (unpaired) electrons. The van der Waals surface area contributed by atoms with Gasteiger partial charge in [0.05, 0.1) is 0 Å². The molecule has 1 aliphatic carbocycles. The minimum atomic E-state index is 0.683. The molecule has 1 aromatic carbocycles. The zero-order valence-electron chi connectivity index (χ0n) is 13.4. The number of benzene rings is 1. The SMILES string of the molecule is CCCC1CCC(Nc2ccc(CN(C)C)cc2)CC1. The summed E-state index contributed by atoms with van der Waals surface area (Å²) >= 11 is 0. The van der Waals surface area contributed by atoms with Crippen LogP contribution in [0.15, 0.2) is 24.3 Å². The Morgan fingerprint density at radius 1 is 1.05 bits per heavy atom. The Morgan fingerprint density at radius 2 is 1.70 bits per heavy atom. The molecule has 1 fully saturated rings. The standard InChI is InChI=1S/C18H30N2/c1-4-5-15-6-10-17(11-7-15)19-18-12-8-16(9-13-18)14-20(2)3/h8-9,12-13,15,17,19H,4-7,10-11,14H2,1-3H3. The third-order valence-corrected chi connectivity index (χ3v) is 4.37. The highest BCUT2D eigenvalue weighted by molar-refractivity contribution is 5.45. The topological polar surface area (TPSA) is 15.3 Å². The Kier molecular flexibility index (Phi) is 5.90. The van der Waals surface area contributed by atoms with E-state index in [9.17, 15) is 0 Å². The lowest BCUT2D eigenvalue weighted by molar-refractivity contribution is 0.319. The molecule has 0 aliphatic heterocycles. The van der Waals surface area contributed by atoms with Crippen LogP contribution in [0.25, 0.3) is 0 Å². The van der Waals surface area contributed by atoms with Gasteiger partial charge in [-0.25, -0.2) is 0 Å². The molecule has 0 atom stereocenters. The number of rotatable bonds is 6. The molecule has 0 unspecified atom stereocenters. The Bertz CT molecular complexity index is 375. The first-order valence-corrected chi connectivity index (χ1v) is 8.17. The van der Waals surface area contributed by atoms with E-state index in [1.54, 1.807) is 0 Å². The smallest absolute Gasteiger partial charge is 0.0342 e. The highest BCUT2D eigenvalue weighted by Crippen LogP contribution is 2.29. The minimum absolute atomic E-state index is 0.683. The molecule has 0 heterocycles. The summed E-state index contributed by atoms with van der Waals surface area (Å²) < 4.78 is 0. The maximum Gasteiger partial charge on any atom is 0.0342 e. The summed E-state index contributed by atoms with van der Waals surface area (Å²) in [5.74, 6) is 0.987. The fourth-order valence-corrected chi connectivity index (χ4v) is 3.31. The van der Waals surface area contributed by atoms with Gasteiger partial charge in [0.1, 0.15) is 0 Å². The van der Waals surface area contributed by atoms with Crippen molar-refractivity contribution in [3.63, 3.8) is 0 Å². The number of hydrogen-bond donors (Lipinski definition) is 1. The van der Waals surface area contributed by atoms with Gasteiger partial charge in [-0.1, -0.05) is 31.9 Å². The molecule has 0 saturated heterocycles. The second-order valence-electron chi connectivity index (χ2n) is 6.59. The average Bonchev–Trinajstić information content (AvgIpc) is 2.43. The summed E-state index contributed by atoms with van der Waals surface area (Å²) in [7, 11) is 4.22. The maximum atomic E-state index is 3.71. The van der Waals surface area contributed by atoms with Gasteiger partial charge < -0.3 is 10.2 Å². The van der Waals surface area contributed by atoms with Gasteiger partial charge in [0.25, 0.3) is 0 Å². The molecule has 112 valence electrons. The van der Waals surface area contributed by atoms with Crippen LogP contribution in [0.5, 0.6) is 0 Å². The van der Waals surface area contributed by atoms with E-state index < -0.39 is 0 Å². The van der Waals surface area contributed by atoms with Crippen LogP contribution in [-0.2, 0) is 6.54 Å². The van der Waals surface area contributed by atoms with Crippen LogP contribution < -0.4 is 5.32 Å². The molecular weight excluding hydrogens is 244 g/mol. The van der Waals surface area contributed by atoms with Gasteiger partial charge in [0, 0.05) is 18.3 Å². The quantitative estimate of drug-likeness (QED) is 0.820. The number of hydrogen-bond acceptors (Lipinski definition) is 2. The Labute approximate surface area is 124 Å². The Hall–Kier alpha value is -1.02. The molecule has 1 N–H and O–H groups in total. The Balaban J connectivity index is 1.79. The van der Waals surface area contributed by atoms with E-state index in [-0.39, 0.29) is 0 Å². The van der Waals surface area contributed by atoms with Gasteiger partial charge >= 0.3 is 0 Å². The van der Waals surface area contributed by atoms with Crippen molar-refractivity contribution in [3.8, 4) is 0 Å². The fraction of sp³-hybridized carbons (Fsp3) is 0.667. The van der Waals surface area contributed by atoms with Crippen molar-refractivity contribution in [2.75, 3.05) is 19.4 Å². The zero-order chi connectivity index (χ0) is 14.4. The van der Waals surface area contributed by atoms with Gasteiger partial charge in [0.2, 0.25) is 0 Å². The monoisotopic (exact) mass is 274 g/mol. The van der Waals surface area contributed by atoms with Gasteiger partial charge in [-0.2, -0.15) is 0 Å². The molecule has 1 aromatic rings. The first-order chi connectivity index (χ1) is 9.67. The molecule has 2 heteroatoms. The van der Waals surface area contributed by atoms with E-state index in [2.05, 4.69) is 55.5 Å². The first kappa shape index (κ1) is 15.4. The van der Waals surface area contributed by atoms with Crippen LogP contribution in [0.4, 0.5) is 5.69 Å². The molecule has 1 saturated carbocycles. The van der Waals surface area contributed by atoms with Crippen molar-refractivity contribution in [2.24, 2.45) is 5.92 Å². The first-order valence-electron chi connectivity index (χ1n) is 8.17. The predicted octanol–water partition coefficient (Wildman–Crippen LogP) is 4.52. The largest absolute Gasteiger partial charge is 0.382 e. The highest BCUT2D eigenvalue weighted by atomic mass is 15.0. The van der Waals surface area contributed by atoms with Crippen molar-refractivity contribution in [1.29, 1.82) is 0 Å². The molecule has 2 nitrogen and oxygen atoms in total. The number of anilines is 1. The summed E-state index contributed by atoms with van der Waals surface area (Å²) in [4.78, 5) is 2.21. The van der Waals surface area contributed by atoms with Gasteiger partial charge in [-0.15, -0.1) is 0 Å². The van der Waals surface area contributed by atoms with E-state index in [0.29, 0.717) is 6.04 Å². The lowest BCUT2D eigenvalue weighted by Gasteiger charge is -2.29. The third-order valence-electron chi connectivity index (χ3n) is 4.37. The molecule has 0 spiro atoms. The molecule has 0 amide bonds. The van der Waals surface area contributed by atoms with E-state index >= 15 is 0 Å². The highest BCUT2D eigenvalue weighted by Gasteiger charge is 2.20. The number of nitrogens with zero attached hydrogens (tertiary/aromatic N) is 1. The summed E-state index contributed by atoms with van der Waals surface area (Å²) in [6, 6.07) is 9.63. The van der Waals surface area contributed by atoms with Crippen molar-refractivity contribution in [2.45, 2.75) is 58.0 Å². The van der Waals surface area contributed by atoms with Gasteiger partial charge in [0.15, 0.2) is 0 Å². The van der Waals surface area contributed by atoms with Crippen LogP contribution in [0.3, 0.4) is 0 Å². The zero-order valence-corrected chi connectivity index (χ0v) is 13.4. The molecular formula is C18H30N2. The lowest BCUT2D eigenvalue weighted by atomic mass is 9.83. The molecule has 0 bridgehead atoms. The van der Waals surface area contributed by atoms with Crippen LogP contribution in [0.2, 0.25) is 0 Å². The van der Waals surface area contributed by atoms with E-state index in [1.807, 2.05) is 0 Å². The van der Waals surface area contributed by atoms with Crippen LogP contribution in [0.1, 0.15) is 51.0 Å². The summed E-state index contributed by atoms with van der Waals surface area (Å²) in [5.41, 5.74) is 2.67. The molecule has 20 heavy (non-hydrogen) atoms. The molecule has 1 aliphatic rings. The summed E-state index contributed by atoms with van der Waals surface area (Å²) in [5, 5.41) is 3.71. The van der Waals surface area contributed by atoms with E-state index in [1.165, 1.54) is 49.8 Å². The maximum absolute atomic E-state index is 3.71. The van der Waals surface area contributed by atoms with Crippen LogP contribution in [-0.4, -0.2) is 25.0 Å². The third kappa shape index (κ3) is 4.82. The van der Waals surface area contributed by atoms with Crippen molar-refractivity contribution < 1.29 is 0 Å². The summed E-state index contributed by atoms with van der Waals surface area (Å²) in [6.07, 6.45) is 8.25. The minimum Gasteiger partial charge on any atom is -0.382 e. The van der Waals surface area contributed by atoms with Crippen molar-refractivity contribution in [3.05, 3.63) is 29.8 Å². The molecule has 0 aromatic heterocycles. The summed E-state index contributed by atoms with van der Waals surface area (Å²) in [6.45, 7) is 3.32. The average molecular weight is 274 g/mol. The lowest BCUT2D eigenvalue weighted by Crippen LogP contribution is -2.26. The fourth-order valence-electron chi connectivity index (χ4n) is 3.31. The number of nitrogens with one attached hydrogen (secondary N) is 1. The van der Waals surface area contributed by atoms with Crippen molar-refractivity contribution >= 4 is 5.69 Å². The van der Waals surface area contributed by atoms with Crippen LogP contribution in [0, 0.1) is 5.92 Å². The van der Waals surface area contributed by atoms with E-state index in [0.717, 1.165) is 12.5 Å². The molecule has 2 rings (SSSR count). The second-order valence-corrected chi connectivity index (χ2v) is 6.59. The van der Waals surface area contributed by atoms with E-state index in [4.69, 9.17) is 0 Å². The second kappa shape index (κ2) is 7.68. The normalized spacial score (nSPS) is 23.0. The van der Waals surface area contributed by atoms with Crippen molar-refractivity contribution in [1.82, 2.24) is 4.90 Å². The Morgan fingerprint density at radius 3 is 2.25 bits per heavy atom. The van der Waals surface area contributed by atoms with Gasteiger partial charge in [-0.3, -0.25) is 0 Å². The van der Waals surface area contributed by atoms with Gasteiger partial charge in [-0.05, 0) is 63.4 Å². The van der Waals surface area contributed by atoms with Crippen LogP contribution >= 0.6 is 0 Å².